The van der Waals surface area contributed by atoms with E-state index in [1.807, 2.05) is 27.7 Å². The van der Waals surface area contributed by atoms with E-state index in [2.05, 4.69) is 12.2 Å². The standard InChI is InChI=1S/C11H21NO2/c1-7-6-9(7)8(2)12-10(13)14-11(3,4)5/h7-9H,6H2,1-5H3,(H,12,13). The third-order valence-corrected chi connectivity index (χ3v) is 2.56. The summed E-state index contributed by atoms with van der Waals surface area (Å²) in [5.74, 6) is 1.39. The van der Waals surface area contributed by atoms with E-state index in [1.54, 1.807) is 0 Å². The van der Waals surface area contributed by atoms with Gasteiger partial charge in [0.05, 0.1) is 0 Å². The van der Waals surface area contributed by atoms with Crippen LogP contribution in [0.4, 0.5) is 4.79 Å². The Labute approximate surface area is 86.2 Å². The highest BCUT2D eigenvalue weighted by Gasteiger charge is 2.38. The van der Waals surface area contributed by atoms with Crippen molar-refractivity contribution in [3.63, 3.8) is 0 Å². The van der Waals surface area contributed by atoms with Gasteiger partial charge in [-0.3, -0.25) is 0 Å². The Hall–Kier alpha value is -0.730. The first kappa shape index (κ1) is 11.3. The zero-order valence-corrected chi connectivity index (χ0v) is 9.76. The molecule has 0 aromatic carbocycles. The quantitative estimate of drug-likeness (QED) is 0.742. The zero-order valence-electron chi connectivity index (χ0n) is 9.76. The zero-order chi connectivity index (χ0) is 10.9. The number of carbonyl (C=O) groups excluding carboxylic acids is 1. The van der Waals surface area contributed by atoms with Crippen molar-refractivity contribution in [1.29, 1.82) is 0 Å². The lowest BCUT2D eigenvalue weighted by Crippen LogP contribution is -2.38. The molecule has 1 aliphatic rings. The Morgan fingerprint density at radius 3 is 2.36 bits per heavy atom. The van der Waals surface area contributed by atoms with Crippen LogP contribution in [0.1, 0.15) is 41.0 Å². The summed E-state index contributed by atoms with van der Waals surface area (Å²) >= 11 is 0. The summed E-state index contributed by atoms with van der Waals surface area (Å²) in [6.07, 6.45) is 0.917. The van der Waals surface area contributed by atoms with Gasteiger partial charge in [0.1, 0.15) is 5.60 Å². The molecular formula is C11H21NO2. The van der Waals surface area contributed by atoms with Crippen molar-refractivity contribution in [2.75, 3.05) is 0 Å². The molecule has 0 heterocycles. The number of hydrogen-bond acceptors (Lipinski definition) is 2. The van der Waals surface area contributed by atoms with E-state index in [1.165, 1.54) is 6.42 Å². The lowest BCUT2D eigenvalue weighted by Gasteiger charge is -2.21. The van der Waals surface area contributed by atoms with Crippen LogP contribution in [-0.2, 0) is 4.74 Å². The van der Waals surface area contributed by atoms with Crippen LogP contribution < -0.4 is 5.32 Å². The number of carbonyl (C=O) groups is 1. The number of rotatable bonds is 2. The lowest BCUT2D eigenvalue weighted by atomic mass is 10.2. The average Bonchev–Trinajstić information content (AvgIpc) is 2.61. The van der Waals surface area contributed by atoms with Gasteiger partial charge >= 0.3 is 6.09 Å². The van der Waals surface area contributed by atoms with E-state index in [4.69, 9.17) is 4.74 Å². The summed E-state index contributed by atoms with van der Waals surface area (Å²) in [6.45, 7) is 9.86. The molecule has 1 saturated carbocycles. The minimum atomic E-state index is -0.404. The van der Waals surface area contributed by atoms with Crippen LogP contribution in [0, 0.1) is 11.8 Å². The fourth-order valence-corrected chi connectivity index (χ4v) is 1.65. The fourth-order valence-electron chi connectivity index (χ4n) is 1.65. The van der Waals surface area contributed by atoms with Crippen molar-refractivity contribution >= 4 is 6.09 Å². The molecule has 0 bridgehead atoms. The summed E-state index contributed by atoms with van der Waals surface area (Å²) in [6, 6.07) is 0.236. The molecule has 3 heteroatoms. The van der Waals surface area contributed by atoms with Crippen LogP contribution in [0.5, 0.6) is 0 Å². The van der Waals surface area contributed by atoms with Gasteiger partial charge in [-0.2, -0.15) is 0 Å². The van der Waals surface area contributed by atoms with Crippen molar-refractivity contribution < 1.29 is 9.53 Å². The molecule has 1 rings (SSSR count). The second-order valence-corrected chi connectivity index (χ2v) is 5.31. The molecule has 1 fully saturated rings. The van der Waals surface area contributed by atoms with E-state index in [0.717, 1.165) is 5.92 Å². The number of alkyl carbamates (subject to hydrolysis) is 1. The smallest absolute Gasteiger partial charge is 0.407 e. The summed E-state index contributed by atoms with van der Waals surface area (Å²) in [7, 11) is 0. The number of hydrogen-bond donors (Lipinski definition) is 1. The van der Waals surface area contributed by atoms with E-state index >= 15 is 0 Å². The SMILES string of the molecule is CC1CC1C(C)NC(=O)OC(C)(C)C. The molecule has 0 spiro atoms. The second kappa shape index (κ2) is 3.79. The Morgan fingerprint density at radius 1 is 1.50 bits per heavy atom. The maximum absolute atomic E-state index is 11.4. The molecule has 1 N–H and O–H groups in total. The molecule has 1 amide bonds. The van der Waals surface area contributed by atoms with Gasteiger partial charge < -0.3 is 10.1 Å². The van der Waals surface area contributed by atoms with Crippen LogP contribution in [0.2, 0.25) is 0 Å². The van der Waals surface area contributed by atoms with Crippen LogP contribution in [-0.4, -0.2) is 17.7 Å². The van der Waals surface area contributed by atoms with Crippen LogP contribution in [0.25, 0.3) is 0 Å². The van der Waals surface area contributed by atoms with Crippen LogP contribution >= 0.6 is 0 Å². The maximum atomic E-state index is 11.4. The van der Waals surface area contributed by atoms with Gasteiger partial charge in [0.15, 0.2) is 0 Å². The Kier molecular flexibility index (Phi) is 3.07. The molecule has 0 aliphatic heterocycles. The van der Waals surface area contributed by atoms with E-state index in [-0.39, 0.29) is 12.1 Å². The summed E-state index contributed by atoms with van der Waals surface area (Å²) in [4.78, 5) is 11.4. The molecule has 1 aliphatic carbocycles. The molecule has 14 heavy (non-hydrogen) atoms. The van der Waals surface area contributed by atoms with Gasteiger partial charge in [0, 0.05) is 6.04 Å². The minimum Gasteiger partial charge on any atom is -0.444 e. The van der Waals surface area contributed by atoms with Crippen molar-refractivity contribution in [2.45, 2.75) is 52.7 Å². The first-order valence-corrected chi connectivity index (χ1v) is 5.29. The fraction of sp³-hybridized carbons (Fsp3) is 0.909. The highest BCUT2D eigenvalue weighted by molar-refractivity contribution is 5.68. The predicted molar refractivity (Wildman–Crippen MR) is 56.1 cm³/mol. The van der Waals surface area contributed by atoms with E-state index in [0.29, 0.717) is 5.92 Å². The molecule has 0 aromatic heterocycles. The molecule has 0 radical (unpaired) electrons. The van der Waals surface area contributed by atoms with Crippen molar-refractivity contribution in [3.8, 4) is 0 Å². The maximum Gasteiger partial charge on any atom is 0.407 e. The highest BCUT2D eigenvalue weighted by atomic mass is 16.6. The van der Waals surface area contributed by atoms with Crippen molar-refractivity contribution in [2.24, 2.45) is 11.8 Å². The topological polar surface area (TPSA) is 38.3 Å². The number of amides is 1. The summed E-state index contributed by atoms with van der Waals surface area (Å²) < 4.78 is 5.17. The third-order valence-electron chi connectivity index (χ3n) is 2.56. The number of nitrogens with one attached hydrogen (secondary N) is 1. The van der Waals surface area contributed by atoms with Gasteiger partial charge in [-0.1, -0.05) is 6.92 Å². The lowest BCUT2D eigenvalue weighted by molar-refractivity contribution is 0.0502. The average molecular weight is 199 g/mol. The van der Waals surface area contributed by atoms with E-state index < -0.39 is 5.60 Å². The summed E-state index contributed by atoms with van der Waals surface area (Å²) in [5, 5.41) is 2.87. The monoisotopic (exact) mass is 199 g/mol. The van der Waals surface area contributed by atoms with Gasteiger partial charge in [-0.05, 0) is 46.0 Å². The van der Waals surface area contributed by atoms with E-state index in [9.17, 15) is 4.79 Å². The normalized spacial score (nSPS) is 28.1. The number of ether oxygens (including phenoxy) is 1. The molecule has 3 unspecified atom stereocenters. The Morgan fingerprint density at radius 2 is 2.00 bits per heavy atom. The predicted octanol–water partition coefficient (Wildman–Crippen LogP) is 2.56. The van der Waals surface area contributed by atoms with Crippen LogP contribution in [0.15, 0.2) is 0 Å². The van der Waals surface area contributed by atoms with Crippen molar-refractivity contribution in [3.05, 3.63) is 0 Å². The molecule has 0 aromatic rings. The van der Waals surface area contributed by atoms with Gasteiger partial charge in [0.25, 0.3) is 0 Å². The van der Waals surface area contributed by atoms with Crippen LogP contribution in [0.3, 0.4) is 0 Å². The second-order valence-electron chi connectivity index (χ2n) is 5.31. The van der Waals surface area contributed by atoms with Gasteiger partial charge in [0.2, 0.25) is 0 Å². The minimum absolute atomic E-state index is 0.236. The Balaban J connectivity index is 2.27. The van der Waals surface area contributed by atoms with Crippen molar-refractivity contribution in [1.82, 2.24) is 5.32 Å². The first-order chi connectivity index (χ1) is 6.29. The van der Waals surface area contributed by atoms with Gasteiger partial charge in [-0.15, -0.1) is 0 Å². The third kappa shape index (κ3) is 3.56. The molecule has 3 nitrogen and oxygen atoms in total. The molecular weight excluding hydrogens is 178 g/mol. The molecule has 82 valence electrons. The largest absolute Gasteiger partial charge is 0.444 e. The Bertz CT molecular complexity index is 220. The highest BCUT2D eigenvalue weighted by Crippen LogP contribution is 2.40. The molecule has 3 atom stereocenters. The first-order valence-electron chi connectivity index (χ1n) is 5.29. The molecule has 0 saturated heterocycles. The van der Waals surface area contributed by atoms with Gasteiger partial charge in [-0.25, -0.2) is 4.79 Å². The summed E-state index contributed by atoms with van der Waals surface area (Å²) in [5.41, 5.74) is -0.404.